The number of fused-ring (bicyclic) bond motifs is 1. The van der Waals surface area contributed by atoms with Crippen molar-refractivity contribution in [1.82, 2.24) is 9.80 Å². The zero-order valence-corrected chi connectivity index (χ0v) is 16.3. The highest BCUT2D eigenvalue weighted by Gasteiger charge is 2.27. The van der Waals surface area contributed by atoms with Crippen LogP contribution >= 0.6 is 0 Å². The number of benzene rings is 2. The average molecular weight is 410 g/mol. The fourth-order valence-corrected chi connectivity index (χ4v) is 3.53. The number of para-hydroxylation sites is 1. The summed E-state index contributed by atoms with van der Waals surface area (Å²) in [5.74, 6) is -0.590. The molecule has 3 N–H and O–H groups in total. The molecule has 1 fully saturated rings. The van der Waals surface area contributed by atoms with Crippen LogP contribution in [-0.4, -0.2) is 60.5 Å². The van der Waals surface area contributed by atoms with Crippen molar-refractivity contribution >= 4 is 23.4 Å². The average Bonchev–Trinajstić information content (AvgIpc) is 3.22. The number of primary amides is 1. The summed E-state index contributed by atoms with van der Waals surface area (Å²) in [6, 6.07) is 12.2. The summed E-state index contributed by atoms with van der Waals surface area (Å²) < 4.78 is 10.7. The van der Waals surface area contributed by atoms with Crippen LogP contribution in [0.25, 0.3) is 0 Å². The van der Waals surface area contributed by atoms with E-state index in [1.165, 1.54) is 17.0 Å². The molecule has 0 spiro atoms. The number of piperazine rings is 1. The molecule has 2 aliphatic heterocycles. The number of ether oxygens (including phenoxy) is 2. The van der Waals surface area contributed by atoms with Crippen LogP contribution in [0.15, 0.2) is 42.5 Å². The van der Waals surface area contributed by atoms with Crippen LogP contribution in [0.4, 0.5) is 5.69 Å². The third kappa shape index (κ3) is 4.20. The van der Waals surface area contributed by atoms with E-state index in [0.717, 1.165) is 23.6 Å². The molecule has 1 saturated heterocycles. The van der Waals surface area contributed by atoms with Gasteiger partial charge >= 0.3 is 11.8 Å². The lowest BCUT2D eigenvalue weighted by Crippen LogP contribution is -2.51. The molecule has 0 unspecified atom stereocenters. The van der Waals surface area contributed by atoms with Gasteiger partial charge in [-0.2, -0.15) is 0 Å². The largest absolute Gasteiger partial charge is 0.454 e. The zero-order valence-electron chi connectivity index (χ0n) is 16.3. The molecule has 0 aromatic heterocycles. The number of anilines is 1. The van der Waals surface area contributed by atoms with Crippen molar-refractivity contribution in [3.8, 4) is 11.5 Å². The maximum absolute atomic E-state index is 12.5. The van der Waals surface area contributed by atoms with Crippen molar-refractivity contribution < 1.29 is 23.9 Å². The van der Waals surface area contributed by atoms with Crippen molar-refractivity contribution in [3.63, 3.8) is 0 Å². The van der Waals surface area contributed by atoms with Gasteiger partial charge in [0.2, 0.25) is 6.79 Å². The molecule has 0 radical (unpaired) electrons. The standard InChI is InChI=1S/C21H22N4O5/c22-19(26)15-3-1-2-4-16(15)23-20(27)21(28)25-9-7-24(8-10-25)12-14-5-6-17-18(11-14)30-13-29-17/h1-6,11H,7-10,12-13H2,(H2,22,26)(H,23,27). The van der Waals surface area contributed by atoms with Crippen molar-refractivity contribution in [2.24, 2.45) is 5.73 Å². The fraction of sp³-hybridized carbons (Fsp3) is 0.286. The molecule has 156 valence electrons. The van der Waals surface area contributed by atoms with E-state index >= 15 is 0 Å². The molecule has 3 amide bonds. The summed E-state index contributed by atoms with van der Waals surface area (Å²) in [6.07, 6.45) is 0. The molecule has 2 aromatic carbocycles. The lowest BCUT2D eigenvalue weighted by Gasteiger charge is -2.34. The Kier molecular flexibility index (Phi) is 5.53. The van der Waals surface area contributed by atoms with Gasteiger partial charge in [0.15, 0.2) is 11.5 Å². The molecule has 0 saturated carbocycles. The maximum atomic E-state index is 12.5. The van der Waals surface area contributed by atoms with E-state index in [1.807, 2.05) is 18.2 Å². The van der Waals surface area contributed by atoms with Crippen LogP contribution in [0.2, 0.25) is 0 Å². The van der Waals surface area contributed by atoms with E-state index in [0.29, 0.717) is 26.2 Å². The van der Waals surface area contributed by atoms with Gasteiger partial charge in [0.05, 0.1) is 11.3 Å². The molecular weight excluding hydrogens is 388 g/mol. The first-order valence-electron chi connectivity index (χ1n) is 9.61. The summed E-state index contributed by atoms with van der Waals surface area (Å²) in [5, 5.41) is 2.49. The number of hydrogen-bond donors (Lipinski definition) is 2. The zero-order chi connectivity index (χ0) is 21.1. The summed E-state index contributed by atoms with van der Waals surface area (Å²) in [5.41, 5.74) is 6.79. The molecule has 0 atom stereocenters. The second-order valence-corrected chi connectivity index (χ2v) is 7.12. The van der Waals surface area contributed by atoms with Gasteiger partial charge in [-0.05, 0) is 29.8 Å². The van der Waals surface area contributed by atoms with Gasteiger partial charge in [0.1, 0.15) is 0 Å². The van der Waals surface area contributed by atoms with Gasteiger partial charge in [0, 0.05) is 32.7 Å². The van der Waals surface area contributed by atoms with E-state index < -0.39 is 17.7 Å². The molecule has 2 aliphatic rings. The number of hydrogen-bond acceptors (Lipinski definition) is 6. The number of rotatable bonds is 4. The highest BCUT2D eigenvalue weighted by Crippen LogP contribution is 2.32. The van der Waals surface area contributed by atoms with Crippen LogP contribution in [-0.2, 0) is 16.1 Å². The summed E-state index contributed by atoms with van der Waals surface area (Å²) in [6.45, 7) is 3.13. The van der Waals surface area contributed by atoms with Crippen LogP contribution in [0.5, 0.6) is 11.5 Å². The van der Waals surface area contributed by atoms with Gasteiger partial charge in [-0.25, -0.2) is 0 Å². The van der Waals surface area contributed by atoms with Crippen LogP contribution in [0.1, 0.15) is 15.9 Å². The quantitative estimate of drug-likeness (QED) is 0.721. The summed E-state index contributed by atoms with van der Waals surface area (Å²) in [7, 11) is 0. The predicted octanol–water partition coefficient (Wildman–Crippen LogP) is 0.797. The number of carbonyl (C=O) groups excluding carboxylic acids is 3. The molecule has 4 rings (SSSR count). The molecular formula is C21H22N4O5. The number of amides is 3. The van der Waals surface area contributed by atoms with Crippen molar-refractivity contribution in [2.45, 2.75) is 6.54 Å². The number of nitrogens with zero attached hydrogens (tertiary/aromatic N) is 2. The van der Waals surface area contributed by atoms with Gasteiger partial charge < -0.3 is 25.4 Å². The van der Waals surface area contributed by atoms with Crippen molar-refractivity contribution in [3.05, 3.63) is 53.6 Å². The highest BCUT2D eigenvalue weighted by molar-refractivity contribution is 6.39. The first kappa shape index (κ1) is 19.7. The lowest BCUT2D eigenvalue weighted by atomic mass is 10.1. The van der Waals surface area contributed by atoms with Crippen LogP contribution in [0.3, 0.4) is 0 Å². The first-order valence-corrected chi connectivity index (χ1v) is 9.61. The number of nitrogens with one attached hydrogen (secondary N) is 1. The SMILES string of the molecule is NC(=O)c1ccccc1NC(=O)C(=O)N1CCN(Cc2ccc3c(c2)OCO3)CC1. The van der Waals surface area contributed by atoms with Gasteiger partial charge in [0.25, 0.3) is 5.91 Å². The van der Waals surface area contributed by atoms with Gasteiger partial charge in [-0.15, -0.1) is 0 Å². The van der Waals surface area contributed by atoms with Gasteiger partial charge in [-0.3, -0.25) is 19.3 Å². The second-order valence-electron chi connectivity index (χ2n) is 7.12. The maximum Gasteiger partial charge on any atom is 0.313 e. The van der Waals surface area contributed by atoms with E-state index in [2.05, 4.69) is 10.2 Å². The Hall–Kier alpha value is -3.59. The minimum absolute atomic E-state index is 0.159. The molecule has 0 bridgehead atoms. The third-order valence-electron chi connectivity index (χ3n) is 5.14. The van der Waals surface area contributed by atoms with Crippen LogP contribution < -0.4 is 20.5 Å². The van der Waals surface area contributed by atoms with E-state index in [9.17, 15) is 14.4 Å². The first-order chi connectivity index (χ1) is 14.5. The Morgan fingerprint density at radius 2 is 1.70 bits per heavy atom. The Morgan fingerprint density at radius 1 is 0.967 bits per heavy atom. The van der Waals surface area contributed by atoms with E-state index in [1.54, 1.807) is 12.1 Å². The Bertz CT molecular complexity index is 985. The normalized spacial score (nSPS) is 15.7. The monoisotopic (exact) mass is 410 g/mol. The van der Waals surface area contributed by atoms with E-state index in [4.69, 9.17) is 15.2 Å². The summed E-state index contributed by atoms with van der Waals surface area (Å²) >= 11 is 0. The molecule has 2 aromatic rings. The minimum atomic E-state index is -0.784. The van der Waals surface area contributed by atoms with Gasteiger partial charge in [-0.1, -0.05) is 18.2 Å². The molecule has 30 heavy (non-hydrogen) atoms. The summed E-state index contributed by atoms with van der Waals surface area (Å²) in [4.78, 5) is 40.1. The van der Waals surface area contributed by atoms with Crippen molar-refractivity contribution in [1.29, 1.82) is 0 Å². The molecule has 9 heteroatoms. The van der Waals surface area contributed by atoms with E-state index in [-0.39, 0.29) is 18.0 Å². The Morgan fingerprint density at radius 3 is 2.47 bits per heavy atom. The topological polar surface area (TPSA) is 114 Å². The minimum Gasteiger partial charge on any atom is -0.454 e. The number of nitrogens with two attached hydrogens (primary N) is 1. The Labute approximate surface area is 173 Å². The lowest BCUT2D eigenvalue weighted by molar-refractivity contribution is -0.144. The smallest absolute Gasteiger partial charge is 0.313 e. The molecule has 2 heterocycles. The molecule has 0 aliphatic carbocycles. The predicted molar refractivity (Wildman–Crippen MR) is 108 cm³/mol. The van der Waals surface area contributed by atoms with Crippen LogP contribution in [0, 0.1) is 0 Å². The third-order valence-corrected chi connectivity index (χ3v) is 5.14. The fourth-order valence-electron chi connectivity index (χ4n) is 3.53. The number of carbonyl (C=O) groups is 3. The van der Waals surface area contributed by atoms with Crippen molar-refractivity contribution in [2.75, 3.05) is 38.3 Å². The Balaban J connectivity index is 1.31. The molecule has 9 nitrogen and oxygen atoms in total. The second kappa shape index (κ2) is 8.42. The highest BCUT2D eigenvalue weighted by atomic mass is 16.7.